The van der Waals surface area contributed by atoms with Crippen LogP contribution in [0.15, 0.2) is 48.5 Å². The van der Waals surface area contributed by atoms with Crippen LogP contribution >= 0.6 is 0 Å². The van der Waals surface area contributed by atoms with Crippen LogP contribution in [0.1, 0.15) is 73.2 Å². The Labute approximate surface area is 339 Å². The van der Waals surface area contributed by atoms with Crippen molar-refractivity contribution >= 4 is 21.5 Å². The van der Waals surface area contributed by atoms with E-state index in [-0.39, 0.29) is 58.3 Å². The van der Waals surface area contributed by atoms with Crippen LogP contribution in [0.2, 0.25) is 0 Å². The van der Waals surface area contributed by atoms with E-state index in [9.17, 15) is 20.4 Å². The number of aryl methyl sites for hydroxylation is 2. The molecule has 0 fully saturated rings. The highest BCUT2D eigenvalue weighted by Crippen LogP contribution is 2.56. The molecule has 10 nitrogen and oxygen atoms in total. The Hall–Kier alpha value is -5.84. The lowest BCUT2D eigenvalue weighted by molar-refractivity contribution is 0.376. The molecule has 2 heterocycles. The van der Waals surface area contributed by atoms with E-state index in [1.165, 1.54) is 0 Å². The second-order valence-electron chi connectivity index (χ2n) is 16.1. The first-order valence-corrected chi connectivity index (χ1v) is 19.8. The van der Waals surface area contributed by atoms with Crippen molar-refractivity contribution in [3.63, 3.8) is 0 Å². The Morgan fingerprint density at radius 1 is 0.517 bits per heavy atom. The fraction of sp³-hybridized carbons (Fsp3) is 0.333. The van der Waals surface area contributed by atoms with E-state index in [4.69, 9.17) is 18.9 Å². The summed E-state index contributed by atoms with van der Waals surface area (Å²) in [5.74, 6) is 1.75. The number of phenolic OH excluding ortho intramolecular Hbond substituents is 4. The standard InChI is InChI=1S/C48H52N2O8/c1-21-11-28-30(42-34-16-24(4)50-26(6)41(34)39(57-9)20-36(42)52)18-32(46(53)44(28)37(13-21)55-7)33-19-31(29-12-22(2)14-38(56-8)45(29)47(33)54)43-35(51)17-27-15-23(3)49-25(5)40(27)48(43)58-10/h11-14,17-20,23-26,49-54H,15-16H2,1-10H3/t23-,24-,25-,26+/m1/s1. The van der Waals surface area contributed by atoms with E-state index >= 15 is 0 Å². The highest BCUT2D eigenvalue weighted by Gasteiger charge is 2.34. The van der Waals surface area contributed by atoms with E-state index in [0.29, 0.717) is 79.6 Å². The summed E-state index contributed by atoms with van der Waals surface area (Å²) in [6.45, 7) is 12.3. The van der Waals surface area contributed by atoms with Crippen LogP contribution < -0.4 is 29.6 Å². The van der Waals surface area contributed by atoms with E-state index in [0.717, 1.165) is 33.4 Å². The third kappa shape index (κ3) is 6.00. The van der Waals surface area contributed by atoms with E-state index in [2.05, 4.69) is 38.3 Å². The summed E-state index contributed by atoms with van der Waals surface area (Å²) in [6.07, 6.45) is 1.31. The Kier molecular flexibility index (Phi) is 9.76. The number of fused-ring (bicyclic) bond motifs is 4. The molecule has 10 heteroatoms. The normalized spacial score (nSPS) is 18.9. The maximum Gasteiger partial charge on any atom is 0.135 e. The minimum Gasteiger partial charge on any atom is -0.507 e. The van der Waals surface area contributed by atoms with Gasteiger partial charge in [0.05, 0.1) is 44.8 Å². The van der Waals surface area contributed by atoms with Gasteiger partial charge in [-0.05, 0) is 129 Å². The predicted molar refractivity (Wildman–Crippen MR) is 230 cm³/mol. The second kappa shape index (κ2) is 14.5. The van der Waals surface area contributed by atoms with Gasteiger partial charge in [-0.2, -0.15) is 0 Å². The van der Waals surface area contributed by atoms with Gasteiger partial charge in [0.15, 0.2) is 0 Å². The fourth-order valence-corrected chi connectivity index (χ4v) is 9.89. The Balaban J connectivity index is 1.54. The lowest BCUT2D eigenvalue weighted by Crippen LogP contribution is -2.36. The highest BCUT2D eigenvalue weighted by atomic mass is 16.5. The molecule has 0 aliphatic carbocycles. The van der Waals surface area contributed by atoms with Gasteiger partial charge in [0.25, 0.3) is 0 Å². The van der Waals surface area contributed by atoms with Crippen LogP contribution in [-0.2, 0) is 12.8 Å². The molecule has 0 unspecified atom stereocenters. The lowest BCUT2D eigenvalue weighted by atomic mass is 9.81. The molecule has 0 amide bonds. The van der Waals surface area contributed by atoms with Crippen LogP contribution in [0.4, 0.5) is 0 Å². The van der Waals surface area contributed by atoms with Gasteiger partial charge in [0, 0.05) is 58.1 Å². The van der Waals surface area contributed by atoms with E-state index in [1.54, 1.807) is 40.6 Å². The molecule has 0 bridgehead atoms. The summed E-state index contributed by atoms with van der Waals surface area (Å²) >= 11 is 0. The first kappa shape index (κ1) is 39.0. The molecular weight excluding hydrogens is 733 g/mol. The lowest BCUT2D eigenvalue weighted by Gasteiger charge is -2.33. The largest absolute Gasteiger partial charge is 0.507 e. The zero-order valence-electron chi connectivity index (χ0n) is 34.8. The van der Waals surface area contributed by atoms with Crippen molar-refractivity contribution in [3.05, 3.63) is 81.9 Å². The second-order valence-corrected chi connectivity index (χ2v) is 16.1. The first-order chi connectivity index (χ1) is 27.7. The van der Waals surface area contributed by atoms with Crippen molar-refractivity contribution in [3.8, 4) is 79.4 Å². The van der Waals surface area contributed by atoms with Crippen molar-refractivity contribution < 1.29 is 39.4 Å². The average Bonchev–Trinajstić information content (AvgIpc) is 3.17. The Bertz CT molecular complexity index is 2670. The van der Waals surface area contributed by atoms with Crippen molar-refractivity contribution in [2.45, 2.75) is 78.6 Å². The minimum absolute atomic E-state index is 0.0247. The zero-order valence-corrected chi connectivity index (χ0v) is 34.8. The van der Waals surface area contributed by atoms with Gasteiger partial charge in [-0.15, -0.1) is 0 Å². The first-order valence-electron chi connectivity index (χ1n) is 19.8. The number of nitrogens with one attached hydrogen (secondary N) is 2. The van der Waals surface area contributed by atoms with Crippen LogP contribution in [0, 0.1) is 13.8 Å². The number of hydrogen-bond donors (Lipinski definition) is 6. The molecule has 6 aromatic carbocycles. The van der Waals surface area contributed by atoms with Gasteiger partial charge in [0.1, 0.15) is 46.0 Å². The summed E-state index contributed by atoms with van der Waals surface area (Å²) in [7, 11) is 6.32. The minimum atomic E-state index is -0.130. The number of ether oxygens (including phenoxy) is 4. The molecule has 4 atom stereocenters. The van der Waals surface area contributed by atoms with Gasteiger partial charge in [0.2, 0.25) is 0 Å². The van der Waals surface area contributed by atoms with Gasteiger partial charge >= 0.3 is 0 Å². The fourth-order valence-electron chi connectivity index (χ4n) is 9.89. The average molecular weight is 785 g/mol. The summed E-state index contributed by atoms with van der Waals surface area (Å²) in [4.78, 5) is 0. The SMILES string of the molecule is COc1cc(O)c(-c2cc(-c3cc(-c4c(O)cc5c(c4OC)[C@@H](C)N[C@H](C)C5)c4cc(C)cc(OC)c4c3O)c(O)c3c(OC)cc(C)cc23)c2c1[C@H](C)N[C@H](C)C2. The Morgan fingerprint density at radius 3 is 1.52 bits per heavy atom. The third-order valence-electron chi connectivity index (χ3n) is 12.1. The molecule has 8 rings (SSSR count). The Morgan fingerprint density at radius 2 is 1.00 bits per heavy atom. The molecule has 302 valence electrons. The van der Waals surface area contributed by atoms with Gasteiger partial charge in [-0.1, -0.05) is 12.1 Å². The molecule has 6 aromatic rings. The van der Waals surface area contributed by atoms with E-state index in [1.807, 2.05) is 50.2 Å². The number of aromatic hydroxyl groups is 4. The molecule has 0 saturated carbocycles. The number of hydrogen-bond acceptors (Lipinski definition) is 10. The molecule has 0 radical (unpaired) electrons. The third-order valence-corrected chi connectivity index (χ3v) is 12.1. The van der Waals surface area contributed by atoms with E-state index < -0.39 is 0 Å². The summed E-state index contributed by atoms with van der Waals surface area (Å²) in [5, 5.41) is 58.4. The molecule has 58 heavy (non-hydrogen) atoms. The smallest absolute Gasteiger partial charge is 0.135 e. The molecular formula is C48H52N2O8. The maximum absolute atomic E-state index is 12.6. The predicted octanol–water partition coefficient (Wildman–Crippen LogP) is 9.66. The molecule has 0 saturated heterocycles. The van der Waals surface area contributed by atoms with Gasteiger partial charge in [-0.3, -0.25) is 0 Å². The van der Waals surface area contributed by atoms with Crippen molar-refractivity contribution in [2.75, 3.05) is 28.4 Å². The summed E-state index contributed by atoms with van der Waals surface area (Å²) < 4.78 is 23.9. The molecule has 2 aliphatic rings. The number of benzene rings is 6. The van der Waals surface area contributed by atoms with Crippen LogP contribution in [0.3, 0.4) is 0 Å². The maximum atomic E-state index is 12.6. The van der Waals surface area contributed by atoms with Crippen molar-refractivity contribution in [1.82, 2.24) is 10.6 Å². The quantitative estimate of drug-likeness (QED) is 0.0927. The highest BCUT2D eigenvalue weighted by molar-refractivity contribution is 6.14. The molecule has 0 spiro atoms. The molecule has 0 aromatic heterocycles. The van der Waals surface area contributed by atoms with Crippen LogP contribution in [0.5, 0.6) is 46.0 Å². The van der Waals surface area contributed by atoms with Crippen molar-refractivity contribution in [1.29, 1.82) is 0 Å². The topological polar surface area (TPSA) is 142 Å². The zero-order chi connectivity index (χ0) is 41.5. The monoisotopic (exact) mass is 784 g/mol. The van der Waals surface area contributed by atoms with Gasteiger partial charge in [-0.25, -0.2) is 0 Å². The number of rotatable bonds is 7. The number of methoxy groups -OCH3 is 4. The summed E-state index contributed by atoms with van der Waals surface area (Å²) in [5.41, 5.74) is 8.42. The van der Waals surface area contributed by atoms with Crippen molar-refractivity contribution in [2.24, 2.45) is 0 Å². The van der Waals surface area contributed by atoms with Gasteiger partial charge < -0.3 is 50.0 Å². The molecule has 2 aliphatic heterocycles. The van der Waals surface area contributed by atoms with Crippen LogP contribution in [-0.4, -0.2) is 60.9 Å². The van der Waals surface area contributed by atoms with Crippen LogP contribution in [0.25, 0.3) is 54.9 Å². The molecule has 6 N–H and O–H groups in total. The number of phenols is 4. The summed E-state index contributed by atoms with van der Waals surface area (Å²) in [6, 6.07) is 14.9.